The molecule has 0 bridgehead atoms. The molecular weight excluding hydrogens is 388 g/mol. The number of anilines is 1. The van der Waals surface area contributed by atoms with Crippen molar-refractivity contribution in [2.45, 2.75) is 71.4 Å². The SMILES string of the molecule is Cc1nc2ncnn2c(C)c1CCC(=O)Nc1ccccc1CN(C)C1CCCCC1. The van der Waals surface area contributed by atoms with Crippen LogP contribution in [0.1, 0.15) is 61.0 Å². The molecule has 2 aromatic heterocycles. The highest BCUT2D eigenvalue weighted by Gasteiger charge is 2.19. The van der Waals surface area contributed by atoms with Crippen molar-refractivity contribution in [1.29, 1.82) is 0 Å². The van der Waals surface area contributed by atoms with Crippen LogP contribution in [0.15, 0.2) is 30.6 Å². The Hall–Kier alpha value is -2.80. The van der Waals surface area contributed by atoms with Gasteiger partial charge in [0.1, 0.15) is 6.33 Å². The Balaban J connectivity index is 1.40. The number of nitrogens with zero attached hydrogens (tertiary/aromatic N) is 5. The van der Waals surface area contributed by atoms with Crippen LogP contribution < -0.4 is 5.32 Å². The van der Waals surface area contributed by atoms with E-state index in [1.807, 2.05) is 32.0 Å². The molecular formula is C24H32N6O. The van der Waals surface area contributed by atoms with Crippen LogP contribution in [-0.4, -0.2) is 43.5 Å². The maximum Gasteiger partial charge on any atom is 0.252 e. The molecule has 1 fully saturated rings. The molecule has 1 aromatic carbocycles. The fourth-order valence-corrected chi connectivity index (χ4v) is 4.67. The van der Waals surface area contributed by atoms with E-state index in [4.69, 9.17) is 0 Å². The molecule has 4 rings (SSSR count). The van der Waals surface area contributed by atoms with Crippen molar-refractivity contribution in [2.75, 3.05) is 12.4 Å². The van der Waals surface area contributed by atoms with E-state index in [-0.39, 0.29) is 5.91 Å². The molecule has 1 amide bonds. The van der Waals surface area contributed by atoms with Gasteiger partial charge in [-0.2, -0.15) is 10.1 Å². The minimum absolute atomic E-state index is 0.0188. The van der Waals surface area contributed by atoms with E-state index >= 15 is 0 Å². The lowest BCUT2D eigenvalue weighted by Gasteiger charge is -2.31. The average Bonchev–Trinajstić information content (AvgIpc) is 3.24. The van der Waals surface area contributed by atoms with E-state index in [2.05, 4.69) is 38.4 Å². The Morgan fingerprint density at radius 1 is 1.19 bits per heavy atom. The van der Waals surface area contributed by atoms with Gasteiger partial charge < -0.3 is 5.32 Å². The molecule has 0 unspecified atom stereocenters. The molecule has 7 heteroatoms. The van der Waals surface area contributed by atoms with Crippen LogP contribution in [0.2, 0.25) is 0 Å². The summed E-state index contributed by atoms with van der Waals surface area (Å²) < 4.78 is 1.73. The Bertz CT molecular complexity index is 1050. The molecule has 0 spiro atoms. The maximum atomic E-state index is 12.8. The molecule has 1 N–H and O–H groups in total. The molecule has 0 saturated heterocycles. The zero-order valence-corrected chi connectivity index (χ0v) is 18.8. The van der Waals surface area contributed by atoms with Crippen molar-refractivity contribution in [1.82, 2.24) is 24.5 Å². The maximum absolute atomic E-state index is 12.8. The Morgan fingerprint density at radius 2 is 1.97 bits per heavy atom. The van der Waals surface area contributed by atoms with Crippen molar-refractivity contribution < 1.29 is 4.79 Å². The number of hydrogen-bond donors (Lipinski definition) is 1. The second kappa shape index (κ2) is 9.56. The summed E-state index contributed by atoms with van der Waals surface area (Å²) in [6.07, 6.45) is 9.07. The third-order valence-corrected chi connectivity index (χ3v) is 6.50. The topological polar surface area (TPSA) is 75.4 Å². The second-order valence-electron chi connectivity index (χ2n) is 8.65. The van der Waals surface area contributed by atoms with Crippen molar-refractivity contribution in [3.63, 3.8) is 0 Å². The number of nitrogens with one attached hydrogen (secondary N) is 1. The number of benzene rings is 1. The number of aryl methyl sites for hydroxylation is 2. The van der Waals surface area contributed by atoms with Crippen LogP contribution in [0.4, 0.5) is 5.69 Å². The van der Waals surface area contributed by atoms with Crippen molar-refractivity contribution in [3.8, 4) is 0 Å². The van der Waals surface area contributed by atoms with E-state index in [0.29, 0.717) is 24.7 Å². The van der Waals surface area contributed by atoms with Gasteiger partial charge in [-0.15, -0.1) is 0 Å². The highest BCUT2D eigenvalue weighted by Crippen LogP contribution is 2.25. The third-order valence-electron chi connectivity index (χ3n) is 6.50. The van der Waals surface area contributed by atoms with E-state index < -0.39 is 0 Å². The van der Waals surface area contributed by atoms with Crippen LogP contribution in [-0.2, 0) is 17.8 Å². The quantitative estimate of drug-likeness (QED) is 0.623. The molecule has 0 aliphatic heterocycles. The van der Waals surface area contributed by atoms with Gasteiger partial charge >= 0.3 is 0 Å². The zero-order valence-electron chi connectivity index (χ0n) is 18.8. The third kappa shape index (κ3) is 4.93. The highest BCUT2D eigenvalue weighted by atomic mass is 16.1. The van der Waals surface area contributed by atoms with Crippen LogP contribution in [0.5, 0.6) is 0 Å². The molecule has 1 aliphatic carbocycles. The number of aromatic nitrogens is 4. The molecule has 2 heterocycles. The van der Waals surface area contributed by atoms with Gasteiger partial charge in [0.25, 0.3) is 5.78 Å². The zero-order chi connectivity index (χ0) is 21.8. The van der Waals surface area contributed by atoms with Gasteiger partial charge in [0.05, 0.1) is 0 Å². The van der Waals surface area contributed by atoms with Gasteiger partial charge in [-0.05, 0) is 57.4 Å². The molecule has 3 aromatic rings. The van der Waals surface area contributed by atoms with E-state index in [0.717, 1.165) is 29.2 Å². The molecule has 31 heavy (non-hydrogen) atoms. The van der Waals surface area contributed by atoms with Gasteiger partial charge in [-0.3, -0.25) is 9.69 Å². The first-order chi connectivity index (χ1) is 15.0. The number of hydrogen-bond acceptors (Lipinski definition) is 5. The number of carbonyl (C=O) groups excluding carboxylic acids is 1. The Labute approximate surface area is 183 Å². The molecule has 1 aliphatic rings. The Morgan fingerprint density at radius 3 is 2.77 bits per heavy atom. The Kier molecular flexibility index (Phi) is 6.61. The predicted molar refractivity (Wildman–Crippen MR) is 122 cm³/mol. The second-order valence-corrected chi connectivity index (χ2v) is 8.65. The number of carbonyl (C=O) groups is 1. The van der Waals surface area contributed by atoms with E-state index in [1.54, 1.807) is 4.52 Å². The van der Waals surface area contributed by atoms with Crippen LogP contribution in [0.25, 0.3) is 5.78 Å². The number of fused-ring (bicyclic) bond motifs is 1. The fourth-order valence-electron chi connectivity index (χ4n) is 4.67. The monoisotopic (exact) mass is 420 g/mol. The first-order valence-corrected chi connectivity index (χ1v) is 11.3. The minimum atomic E-state index is 0.0188. The summed E-state index contributed by atoms with van der Waals surface area (Å²) in [6.45, 7) is 4.82. The smallest absolute Gasteiger partial charge is 0.252 e. The summed E-state index contributed by atoms with van der Waals surface area (Å²) in [4.78, 5) is 23.9. The minimum Gasteiger partial charge on any atom is -0.326 e. The van der Waals surface area contributed by atoms with E-state index in [1.165, 1.54) is 44.0 Å². The van der Waals surface area contributed by atoms with Crippen LogP contribution in [0.3, 0.4) is 0 Å². The molecule has 0 atom stereocenters. The fraction of sp³-hybridized carbons (Fsp3) is 0.500. The summed E-state index contributed by atoms with van der Waals surface area (Å²) in [7, 11) is 2.20. The molecule has 164 valence electrons. The molecule has 0 radical (unpaired) electrons. The number of amides is 1. The predicted octanol–water partition coefficient (Wildman–Crippen LogP) is 4.08. The van der Waals surface area contributed by atoms with Gasteiger partial charge in [0.15, 0.2) is 0 Å². The first-order valence-electron chi connectivity index (χ1n) is 11.3. The van der Waals surface area contributed by atoms with E-state index in [9.17, 15) is 4.79 Å². The number of para-hydroxylation sites is 1. The normalized spacial score (nSPS) is 15.0. The first kappa shape index (κ1) is 21.4. The van der Waals surface area contributed by atoms with Crippen LogP contribution >= 0.6 is 0 Å². The van der Waals surface area contributed by atoms with Crippen molar-refractivity contribution >= 4 is 17.4 Å². The standard InChI is InChI=1S/C24H32N6O/c1-17-21(18(2)30-24(27-17)25-16-26-30)13-14-23(31)28-22-12-8-7-9-19(22)15-29(3)20-10-5-4-6-11-20/h7-9,12,16,20H,4-6,10-11,13-15H2,1-3H3,(H,28,31). The molecule has 7 nitrogen and oxygen atoms in total. The van der Waals surface area contributed by atoms with Gasteiger partial charge in [0, 0.05) is 36.1 Å². The lowest BCUT2D eigenvalue weighted by molar-refractivity contribution is -0.116. The lowest BCUT2D eigenvalue weighted by Crippen LogP contribution is -2.33. The lowest BCUT2D eigenvalue weighted by atomic mass is 9.94. The van der Waals surface area contributed by atoms with Gasteiger partial charge in [-0.25, -0.2) is 9.50 Å². The summed E-state index contributed by atoms with van der Waals surface area (Å²) >= 11 is 0. The summed E-state index contributed by atoms with van der Waals surface area (Å²) in [5, 5.41) is 7.37. The summed E-state index contributed by atoms with van der Waals surface area (Å²) in [6, 6.07) is 8.79. The van der Waals surface area contributed by atoms with Crippen molar-refractivity contribution in [3.05, 3.63) is 53.1 Å². The summed E-state index contributed by atoms with van der Waals surface area (Å²) in [5.41, 5.74) is 5.02. The number of rotatable bonds is 7. The largest absolute Gasteiger partial charge is 0.326 e. The van der Waals surface area contributed by atoms with Gasteiger partial charge in [0.2, 0.25) is 5.91 Å². The average molecular weight is 421 g/mol. The molecule has 1 saturated carbocycles. The summed E-state index contributed by atoms with van der Waals surface area (Å²) in [5.74, 6) is 0.615. The van der Waals surface area contributed by atoms with Crippen molar-refractivity contribution in [2.24, 2.45) is 0 Å². The highest BCUT2D eigenvalue weighted by molar-refractivity contribution is 5.91. The van der Waals surface area contributed by atoms with Gasteiger partial charge in [-0.1, -0.05) is 37.5 Å². The van der Waals surface area contributed by atoms with Crippen LogP contribution in [0, 0.1) is 13.8 Å².